The second-order valence-electron chi connectivity index (χ2n) is 8.83. The summed E-state index contributed by atoms with van der Waals surface area (Å²) in [5.41, 5.74) is 4.60. The zero-order valence-corrected chi connectivity index (χ0v) is 21.1. The number of thioether (sulfide) groups is 1. The lowest BCUT2D eigenvalue weighted by molar-refractivity contribution is -0.141. The van der Waals surface area contributed by atoms with Gasteiger partial charge in [0.05, 0.1) is 0 Å². The predicted molar refractivity (Wildman–Crippen MR) is 133 cm³/mol. The number of nitrogens with zero attached hydrogens (tertiary/aromatic N) is 5. The van der Waals surface area contributed by atoms with Crippen LogP contribution < -0.4 is 16.4 Å². The van der Waals surface area contributed by atoms with E-state index in [1.165, 1.54) is 0 Å². The number of amides is 2. The summed E-state index contributed by atoms with van der Waals surface area (Å²) in [4.78, 5) is 59.4. The number of carboxylic acid groups (broad SMARTS) is 2. The molecule has 0 bridgehead atoms. The van der Waals surface area contributed by atoms with E-state index >= 15 is 0 Å². The summed E-state index contributed by atoms with van der Waals surface area (Å²) in [5, 5.41) is 35.9. The molecule has 0 radical (unpaired) electrons. The van der Waals surface area contributed by atoms with Gasteiger partial charge in [-0.25, -0.2) is 9.59 Å². The van der Waals surface area contributed by atoms with Crippen LogP contribution in [0, 0.1) is 11.8 Å². The Kier molecular flexibility index (Phi) is 8.23. The first-order chi connectivity index (χ1) is 17.7. The van der Waals surface area contributed by atoms with E-state index < -0.39 is 40.9 Å². The van der Waals surface area contributed by atoms with Gasteiger partial charge in [0.1, 0.15) is 11.1 Å². The average molecular weight is 555 g/mol. The van der Waals surface area contributed by atoms with Crippen molar-refractivity contribution < 1.29 is 34.6 Å². The molecule has 0 aromatic carbocycles. The number of aromatic nitrogens is 2. The van der Waals surface area contributed by atoms with E-state index in [0.717, 1.165) is 42.8 Å². The number of anilines is 1. The largest absolute Gasteiger partial charge is 0.480 e. The molecule has 37 heavy (non-hydrogen) atoms. The summed E-state index contributed by atoms with van der Waals surface area (Å²) in [6, 6.07) is -1.49. The number of aliphatic imine (C=N–C) groups is 1. The normalized spacial score (nSPS) is 27.1. The SMILES string of the molecule is Nc1nc(/C(=N\O)C(=O)N[C@H](C(=O)O)[C@@H]2N=C(C(=O)O)[C@H](C[C@@H]3CCN([C@@H]4CCNC4)C3=O)CS2)ns1. The number of oxime groups is 1. The van der Waals surface area contributed by atoms with E-state index in [2.05, 4.69) is 30.1 Å². The minimum Gasteiger partial charge on any atom is -0.480 e. The molecule has 3 aliphatic heterocycles. The molecular formula is C20H26N8O7S2. The first-order valence-electron chi connectivity index (χ1n) is 11.5. The molecule has 4 rings (SSSR count). The van der Waals surface area contributed by atoms with E-state index in [4.69, 9.17) is 5.73 Å². The standard InChI is InChI=1S/C20H26N8O7S2/c21-20-25-14(27-37-20)12(26-35)15(29)23-13(19(33)34)16-24-11(18(31)32)9(7-36-16)5-8-2-4-28(17(8)30)10-1-3-22-6-10/h8-10,13,16,22,35H,1-7H2,(H,23,29)(H,31,32)(H,33,34)(H2,21,25,27)/b26-12+/t8-,9+,10+,13-,16+/m0/s1. The van der Waals surface area contributed by atoms with Gasteiger partial charge in [0.2, 0.25) is 17.4 Å². The fraction of sp³-hybridized carbons (Fsp3) is 0.600. The number of likely N-dealkylation sites (tertiary alicyclic amines) is 1. The molecule has 4 heterocycles. The van der Waals surface area contributed by atoms with Gasteiger partial charge in [0.15, 0.2) is 11.2 Å². The maximum Gasteiger partial charge on any atom is 0.350 e. The van der Waals surface area contributed by atoms with E-state index in [9.17, 15) is 34.6 Å². The predicted octanol–water partition coefficient (Wildman–Crippen LogP) is -1.32. The van der Waals surface area contributed by atoms with Crippen molar-refractivity contribution in [2.75, 3.05) is 31.1 Å². The summed E-state index contributed by atoms with van der Waals surface area (Å²) in [6.45, 7) is 2.23. The monoisotopic (exact) mass is 554 g/mol. The molecule has 0 unspecified atom stereocenters. The van der Waals surface area contributed by atoms with Gasteiger partial charge in [-0.1, -0.05) is 5.16 Å². The highest BCUT2D eigenvalue weighted by atomic mass is 32.2. The van der Waals surface area contributed by atoms with Crippen LogP contribution in [0.3, 0.4) is 0 Å². The van der Waals surface area contributed by atoms with Crippen molar-refractivity contribution in [2.24, 2.45) is 22.0 Å². The molecule has 17 heteroatoms. The zero-order valence-electron chi connectivity index (χ0n) is 19.4. The fourth-order valence-corrected chi connectivity index (χ4v) is 6.46. The van der Waals surface area contributed by atoms with Crippen molar-refractivity contribution >= 4 is 63.6 Å². The molecule has 15 nitrogen and oxygen atoms in total. The van der Waals surface area contributed by atoms with Gasteiger partial charge in [-0.05, 0) is 25.8 Å². The van der Waals surface area contributed by atoms with Crippen LogP contribution in [-0.2, 0) is 19.2 Å². The molecule has 7 N–H and O–H groups in total. The topological polar surface area (TPSA) is 233 Å². The smallest absolute Gasteiger partial charge is 0.350 e. The van der Waals surface area contributed by atoms with Crippen LogP contribution in [0.5, 0.6) is 0 Å². The van der Waals surface area contributed by atoms with E-state index in [1.807, 2.05) is 4.90 Å². The summed E-state index contributed by atoms with van der Waals surface area (Å²) < 4.78 is 3.76. The molecule has 2 amide bonds. The van der Waals surface area contributed by atoms with Crippen LogP contribution in [-0.4, -0.2) is 108 Å². The highest BCUT2D eigenvalue weighted by Crippen LogP contribution is 2.34. The number of hydrogen-bond donors (Lipinski definition) is 6. The lowest BCUT2D eigenvalue weighted by Crippen LogP contribution is -2.51. The van der Waals surface area contributed by atoms with E-state index in [1.54, 1.807) is 0 Å². The Hall–Kier alpha value is -3.31. The molecule has 5 atom stereocenters. The molecule has 0 spiro atoms. The van der Waals surface area contributed by atoms with Crippen LogP contribution in [0.4, 0.5) is 5.13 Å². The van der Waals surface area contributed by atoms with Gasteiger partial charge in [-0.2, -0.15) is 9.36 Å². The minimum atomic E-state index is -1.64. The maximum absolute atomic E-state index is 13.0. The number of rotatable bonds is 9. The molecule has 3 aliphatic rings. The van der Waals surface area contributed by atoms with Crippen molar-refractivity contribution in [3.8, 4) is 0 Å². The molecular weight excluding hydrogens is 528 g/mol. The third kappa shape index (κ3) is 5.83. The van der Waals surface area contributed by atoms with E-state index in [-0.39, 0.29) is 40.3 Å². The number of aliphatic carboxylic acids is 2. The lowest BCUT2D eigenvalue weighted by atomic mass is 9.90. The van der Waals surface area contributed by atoms with Crippen LogP contribution in [0.15, 0.2) is 10.1 Å². The number of carbonyl (C=O) groups is 4. The Balaban J connectivity index is 1.46. The Morgan fingerprint density at radius 3 is 2.65 bits per heavy atom. The number of hydrogen-bond acceptors (Lipinski definition) is 13. The van der Waals surface area contributed by atoms with Gasteiger partial charge < -0.3 is 36.7 Å². The first-order valence-corrected chi connectivity index (χ1v) is 13.3. The number of nitrogen functional groups attached to an aromatic ring is 1. The van der Waals surface area contributed by atoms with Crippen molar-refractivity contribution in [1.82, 2.24) is 24.9 Å². The van der Waals surface area contributed by atoms with Gasteiger partial charge in [-0.3, -0.25) is 14.6 Å². The van der Waals surface area contributed by atoms with Gasteiger partial charge in [0.25, 0.3) is 5.91 Å². The number of carbonyl (C=O) groups excluding carboxylic acids is 2. The Morgan fingerprint density at radius 1 is 1.27 bits per heavy atom. The molecule has 0 saturated carbocycles. The number of carboxylic acids is 2. The van der Waals surface area contributed by atoms with Gasteiger partial charge in [-0.15, -0.1) is 11.8 Å². The van der Waals surface area contributed by atoms with Crippen molar-refractivity contribution in [3.63, 3.8) is 0 Å². The second kappa shape index (κ2) is 11.4. The highest BCUT2D eigenvalue weighted by Gasteiger charge is 2.42. The summed E-state index contributed by atoms with van der Waals surface area (Å²) in [6.07, 6.45) is 1.81. The molecule has 0 aliphatic carbocycles. The zero-order chi connectivity index (χ0) is 26.7. The van der Waals surface area contributed by atoms with Crippen LogP contribution >= 0.6 is 23.3 Å². The Morgan fingerprint density at radius 2 is 2.05 bits per heavy atom. The highest BCUT2D eigenvalue weighted by molar-refractivity contribution is 8.00. The molecule has 1 aromatic rings. The first kappa shape index (κ1) is 26.7. The molecule has 2 saturated heterocycles. The van der Waals surface area contributed by atoms with Gasteiger partial charge >= 0.3 is 11.9 Å². The van der Waals surface area contributed by atoms with E-state index in [0.29, 0.717) is 19.4 Å². The van der Waals surface area contributed by atoms with Crippen molar-refractivity contribution in [3.05, 3.63) is 5.82 Å². The Labute approximate surface area is 218 Å². The van der Waals surface area contributed by atoms with Crippen molar-refractivity contribution in [1.29, 1.82) is 0 Å². The lowest BCUT2D eigenvalue weighted by Gasteiger charge is -2.30. The van der Waals surface area contributed by atoms with Gasteiger partial charge in [0, 0.05) is 48.3 Å². The minimum absolute atomic E-state index is 0.00656. The summed E-state index contributed by atoms with van der Waals surface area (Å²) in [7, 11) is 0. The quantitative estimate of drug-likeness (QED) is 0.119. The Bertz CT molecular complexity index is 1140. The molecule has 200 valence electrons. The fourth-order valence-electron chi connectivity index (χ4n) is 4.73. The third-order valence-electron chi connectivity index (χ3n) is 6.54. The number of nitrogens with two attached hydrogens (primary N) is 1. The molecule has 1 aromatic heterocycles. The second-order valence-corrected chi connectivity index (χ2v) is 10.8. The van der Waals surface area contributed by atoms with Crippen LogP contribution in [0.2, 0.25) is 0 Å². The number of nitrogens with one attached hydrogen (secondary N) is 2. The average Bonchev–Trinajstić information content (AvgIpc) is 3.61. The summed E-state index contributed by atoms with van der Waals surface area (Å²) in [5.74, 6) is -4.84. The summed E-state index contributed by atoms with van der Waals surface area (Å²) >= 11 is 1.82. The maximum atomic E-state index is 13.0. The molecule has 2 fully saturated rings. The van der Waals surface area contributed by atoms with Crippen LogP contribution in [0.25, 0.3) is 0 Å². The van der Waals surface area contributed by atoms with Crippen molar-refractivity contribution in [2.45, 2.75) is 36.7 Å². The third-order valence-corrected chi connectivity index (χ3v) is 8.40. The van der Waals surface area contributed by atoms with Crippen LogP contribution in [0.1, 0.15) is 25.1 Å².